The van der Waals surface area contributed by atoms with Gasteiger partial charge in [0.15, 0.2) is 6.61 Å². The highest BCUT2D eigenvalue weighted by Crippen LogP contribution is 2.18. The summed E-state index contributed by atoms with van der Waals surface area (Å²) in [7, 11) is -3.72. The minimum Gasteiger partial charge on any atom is -0.484 e. The Bertz CT molecular complexity index is 977. The highest BCUT2D eigenvalue weighted by Gasteiger charge is 2.30. The molecule has 0 aromatic heterocycles. The lowest BCUT2D eigenvalue weighted by Gasteiger charge is -2.34. The van der Waals surface area contributed by atoms with E-state index in [0.717, 1.165) is 12.1 Å². The Labute approximate surface area is 162 Å². The minimum absolute atomic E-state index is 0.0258. The standard InChI is InChI=1S/C19H18FN3O4S/c20-16-3-7-18(8-4-16)28(25,26)23-11-9-22(10-12-23)19(24)14-27-17-5-1-15(13-21)2-6-17/h1-8H,9-12,14H2. The average molecular weight is 403 g/mol. The highest BCUT2D eigenvalue weighted by atomic mass is 32.2. The molecule has 0 atom stereocenters. The molecule has 9 heteroatoms. The summed E-state index contributed by atoms with van der Waals surface area (Å²) in [6, 6.07) is 13.1. The van der Waals surface area contributed by atoms with E-state index in [0.29, 0.717) is 11.3 Å². The lowest BCUT2D eigenvalue weighted by Crippen LogP contribution is -2.51. The van der Waals surface area contributed by atoms with Gasteiger partial charge >= 0.3 is 0 Å². The zero-order chi connectivity index (χ0) is 20.1. The van der Waals surface area contributed by atoms with Gasteiger partial charge in [-0.2, -0.15) is 9.57 Å². The van der Waals surface area contributed by atoms with Crippen molar-refractivity contribution in [1.82, 2.24) is 9.21 Å². The molecule has 1 saturated heterocycles. The molecule has 1 heterocycles. The lowest BCUT2D eigenvalue weighted by atomic mass is 10.2. The van der Waals surface area contributed by atoms with Crippen molar-refractivity contribution in [3.8, 4) is 11.8 Å². The van der Waals surface area contributed by atoms with Crippen LogP contribution < -0.4 is 4.74 Å². The molecule has 0 radical (unpaired) electrons. The molecule has 3 rings (SSSR count). The maximum atomic E-state index is 13.0. The maximum Gasteiger partial charge on any atom is 0.260 e. The fraction of sp³-hybridized carbons (Fsp3) is 0.263. The molecule has 0 bridgehead atoms. The number of hydrogen-bond acceptors (Lipinski definition) is 5. The van der Waals surface area contributed by atoms with Crippen molar-refractivity contribution in [2.45, 2.75) is 4.90 Å². The van der Waals surface area contributed by atoms with Gasteiger partial charge in [0.1, 0.15) is 11.6 Å². The third-order valence-electron chi connectivity index (χ3n) is 4.39. The van der Waals surface area contributed by atoms with Crippen LogP contribution >= 0.6 is 0 Å². The summed E-state index contributed by atoms with van der Waals surface area (Å²) < 4.78 is 44.9. The van der Waals surface area contributed by atoms with Crippen molar-refractivity contribution in [2.75, 3.05) is 32.8 Å². The van der Waals surface area contributed by atoms with Gasteiger partial charge in [-0.15, -0.1) is 0 Å². The predicted octanol–water partition coefficient (Wildman–Crippen LogP) is 1.61. The van der Waals surface area contributed by atoms with Crippen LogP contribution in [0.4, 0.5) is 4.39 Å². The summed E-state index contributed by atoms with van der Waals surface area (Å²) in [4.78, 5) is 13.9. The number of rotatable bonds is 5. The monoisotopic (exact) mass is 403 g/mol. The molecule has 0 aliphatic carbocycles. The average Bonchev–Trinajstić information content (AvgIpc) is 2.73. The van der Waals surface area contributed by atoms with Crippen LogP contribution in [-0.4, -0.2) is 56.3 Å². The fourth-order valence-electron chi connectivity index (χ4n) is 2.80. The number of hydrogen-bond donors (Lipinski definition) is 0. The van der Waals surface area contributed by atoms with Gasteiger partial charge in [-0.05, 0) is 48.5 Å². The first-order chi connectivity index (χ1) is 13.4. The molecular formula is C19H18FN3O4S. The first-order valence-corrected chi connectivity index (χ1v) is 10.0. The smallest absolute Gasteiger partial charge is 0.260 e. The predicted molar refractivity (Wildman–Crippen MR) is 98.4 cm³/mol. The molecule has 0 N–H and O–H groups in total. The van der Waals surface area contributed by atoms with Crippen LogP contribution in [0.1, 0.15) is 5.56 Å². The number of amides is 1. The van der Waals surface area contributed by atoms with E-state index in [-0.39, 0.29) is 43.6 Å². The number of piperazine rings is 1. The molecule has 1 amide bonds. The molecule has 1 aliphatic rings. The van der Waals surface area contributed by atoms with Crippen molar-refractivity contribution in [1.29, 1.82) is 5.26 Å². The number of carbonyl (C=O) groups excluding carboxylic acids is 1. The van der Waals surface area contributed by atoms with E-state index in [1.807, 2.05) is 6.07 Å². The van der Waals surface area contributed by atoms with Gasteiger partial charge in [-0.1, -0.05) is 0 Å². The lowest BCUT2D eigenvalue weighted by molar-refractivity contribution is -0.134. The second-order valence-corrected chi connectivity index (χ2v) is 8.10. The van der Waals surface area contributed by atoms with Gasteiger partial charge in [0, 0.05) is 26.2 Å². The maximum absolute atomic E-state index is 13.0. The van der Waals surface area contributed by atoms with Crippen molar-refractivity contribution >= 4 is 15.9 Å². The molecule has 0 spiro atoms. The Balaban J connectivity index is 1.53. The number of halogens is 1. The van der Waals surface area contributed by atoms with Crippen molar-refractivity contribution < 1.29 is 22.3 Å². The molecule has 0 saturated carbocycles. The molecule has 146 valence electrons. The quantitative estimate of drug-likeness (QED) is 0.757. The van der Waals surface area contributed by atoms with E-state index in [1.165, 1.54) is 16.4 Å². The van der Waals surface area contributed by atoms with Crippen LogP contribution in [0.3, 0.4) is 0 Å². The molecule has 7 nitrogen and oxygen atoms in total. The van der Waals surface area contributed by atoms with Gasteiger partial charge in [-0.3, -0.25) is 4.79 Å². The van der Waals surface area contributed by atoms with Crippen LogP contribution in [0.25, 0.3) is 0 Å². The molecule has 2 aromatic carbocycles. The van der Waals surface area contributed by atoms with Gasteiger partial charge in [-0.25, -0.2) is 12.8 Å². The number of sulfonamides is 1. The molecule has 0 unspecified atom stereocenters. The van der Waals surface area contributed by atoms with Gasteiger partial charge < -0.3 is 9.64 Å². The second kappa shape index (κ2) is 8.37. The number of carbonyl (C=O) groups is 1. The number of nitriles is 1. The normalized spacial score (nSPS) is 15.1. The zero-order valence-corrected chi connectivity index (χ0v) is 15.7. The summed E-state index contributed by atoms with van der Waals surface area (Å²) in [5.74, 6) is -0.273. The van der Waals surface area contributed by atoms with Crippen molar-refractivity contribution in [3.05, 3.63) is 59.9 Å². The number of nitrogens with zero attached hydrogens (tertiary/aromatic N) is 3. The topological polar surface area (TPSA) is 90.7 Å². The Morgan fingerprint density at radius 1 is 1.04 bits per heavy atom. The van der Waals surface area contributed by atoms with Crippen molar-refractivity contribution in [3.63, 3.8) is 0 Å². The van der Waals surface area contributed by atoms with Crippen LogP contribution in [0.5, 0.6) is 5.75 Å². The molecular weight excluding hydrogens is 385 g/mol. The van der Waals surface area contributed by atoms with Crippen LogP contribution in [0.15, 0.2) is 53.4 Å². The number of benzene rings is 2. The Morgan fingerprint density at radius 2 is 1.64 bits per heavy atom. The van der Waals surface area contributed by atoms with E-state index in [4.69, 9.17) is 10.00 Å². The van der Waals surface area contributed by atoms with Gasteiger partial charge in [0.2, 0.25) is 10.0 Å². The SMILES string of the molecule is N#Cc1ccc(OCC(=O)N2CCN(S(=O)(=O)c3ccc(F)cc3)CC2)cc1. The van der Waals surface area contributed by atoms with Gasteiger partial charge in [0.25, 0.3) is 5.91 Å². The number of ether oxygens (including phenoxy) is 1. The third-order valence-corrected chi connectivity index (χ3v) is 6.30. The molecule has 1 fully saturated rings. The minimum atomic E-state index is -3.72. The molecule has 28 heavy (non-hydrogen) atoms. The van der Waals surface area contributed by atoms with E-state index in [2.05, 4.69) is 0 Å². The Kier molecular flexibility index (Phi) is 5.92. The van der Waals surface area contributed by atoms with E-state index < -0.39 is 15.8 Å². The molecule has 2 aromatic rings. The highest BCUT2D eigenvalue weighted by molar-refractivity contribution is 7.89. The largest absolute Gasteiger partial charge is 0.484 e. The third kappa shape index (κ3) is 4.47. The summed E-state index contributed by atoms with van der Waals surface area (Å²) >= 11 is 0. The summed E-state index contributed by atoms with van der Waals surface area (Å²) in [6.45, 7) is 0.632. The Hall–Kier alpha value is -2.96. The second-order valence-electron chi connectivity index (χ2n) is 6.16. The summed E-state index contributed by atoms with van der Waals surface area (Å²) in [6.07, 6.45) is 0. The van der Waals surface area contributed by atoms with Crippen LogP contribution in [-0.2, 0) is 14.8 Å². The first kappa shape index (κ1) is 19.8. The van der Waals surface area contributed by atoms with E-state index in [1.54, 1.807) is 29.2 Å². The summed E-state index contributed by atoms with van der Waals surface area (Å²) in [5.41, 5.74) is 0.497. The van der Waals surface area contributed by atoms with Gasteiger partial charge in [0.05, 0.1) is 16.5 Å². The van der Waals surface area contributed by atoms with Crippen LogP contribution in [0.2, 0.25) is 0 Å². The van der Waals surface area contributed by atoms with E-state index >= 15 is 0 Å². The Morgan fingerprint density at radius 3 is 2.21 bits per heavy atom. The van der Waals surface area contributed by atoms with Crippen molar-refractivity contribution in [2.24, 2.45) is 0 Å². The summed E-state index contributed by atoms with van der Waals surface area (Å²) in [5, 5.41) is 8.77. The first-order valence-electron chi connectivity index (χ1n) is 8.56. The van der Waals surface area contributed by atoms with Crippen LogP contribution in [0, 0.1) is 17.1 Å². The molecule has 1 aliphatic heterocycles. The zero-order valence-electron chi connectivity index (χ0n) is 14.9. The van der Waals surface area contributed by atoms with E-state index in [9.17, 15) is 17.6 Å². The fourth-order valence-corrected chi connectivity index (χ4v) is 4.22.